The number of hydrogen-bond acceptors (Lipinski definition) is 5. The number of amides is 3. The van der Waals surface area contributed by atoms with Crippen molar-refractivity contribution in [1.82, 2.24) is 4.90 Å². The zero-order chi connectivity index (χ0) is 22.4. The summed E-state index contributed by atoms with van der Waals surface area (Å²) in [5.41, 5.74) is 1.55. The number of nitrogens with one attached hydrogen (secondary N) is 1. The number of nitrogens with zero attached hydrogens (tertiary/aromatic N) is 1. The van der Waals surface area contributed by atoms with Crippen molar-refractivity contribution in [3.05, 3.63) is 28.2 Å². The van der Waals surface area contributed by atoms with Gasteiger partial charge < -0.3 is 10.1 Å². The molecule has 166 valence electrons. The van der Waals surface area contributed by atoms with Gasteiger partial charge in [-0.3, -0.25) is 19.3 Å². The molecule has 5 atom stereocenters. The van der Waals surface area contributed by atoms with Gasteiger partial charge in [0.25, 0.3) is 5.91 Å². The SMILES string of the molecule is Cc1cc(NC(=O)COC(=O)[C@H](C(C)C)N2C(=O)[C@@H]3[C@H]4CC[C@@H](C4)[C@@H]3C2=O)ccc1Br. The van der Waals surface area contributed by atoms with Crippen LogP contribution in [0.15, 0.2) is 22.7 Å². The summed E-state index contributed by atoms with van der Waals surface area (Å²) in [5.74, 6) is -2.07. The van der Waals surface area contributed by atoms with Gasteiger partial charge in [0, 0.05) is 10.2 Å². The summed E-state index contributed by atoms with van der Waals surface area (Å²) in [5, 5.41) is 2.69. The van der Waals surface area contributed by atoms with Crippen LogP contribution in [0, 0.1) is 36.5 Å². The molecule has 0 spiro atoms. The van der Waals surface area contributed by atoms with Crippen molar-refractivity contribution in [3.63, 3.8) is 0 Å². The van der Waals surface area contributed by atoms with Crippen LogP contribution in [-0.4, -0.2) is 41.2 Å². The van der Waals surface area contributed by atoms with Crippen LogP contribution in [0.5, 0.6) is 0 Å². The van der Waals surface area contributed by atoms with E-state index in [-0.39, 0.29) is 41.4 Å². The lowest BCUT2D eigenvalue weighted by atomic mass is 9.81. The van der Waals surface area contributed by atoms with Gasteiger partial charge in [-0.15, -0.1) is 0 Å². The molecule has 4 rings (SSSR count). The predicted molar refractivity (Wildman–Crippen MR) is 117 cm³/mol. The molecule has 1 aromatic carbocycles. The lowest BCUT2D eigenvalue weighted by Crippen LogP contribution is -2.50. The number of ether oxygens (including phenoxy) is 1. The third kappa shape index (κ3) is 3.90. The van der Waals surface area contributed by atoms with Crippen molar-refractivity contribution in [2.24, 2.45) is 29.6 Å². The first kappa shape index (κ1) is 22.0. The van der Waals surface area contributed by atoms with Crippen LogP contribution in [-0.2, 0) is 23.9 Å². The number of rotatable bonds is 6. The van der Waals surface area contributed by atoms with Gasteiger partial charge in [0.05, 0.1) is 11.8 Å². The third-order valence-electron chi connectivity index (χ3n) is 6.90. The molecule has 3 fully saturated rings. The van der Waals surface area contributed by atoms with E-state index in [2.05, 4.69) is 21.2 Å². The predicted octanol–water partition coefficient (Wildman–Crippen LogP) is 3.29. The van der Waals surface area contributed by atoms with Gasteiger partial charge >= 0.3 is 5.97 Å². The van der Waals surface area contributed by atoms with E-state index in [9.17, 15) is 19.2 Å². The monoisotopic (exact) mass is 490 g/mol. The molecular formula is C23H27BrN2O5. The zero-order valence-electron chi connectivity index (χ0n) is 17.9. The molecule has 1 saturated heterocycles. The average molecular weight is 491 g/mol. The molecule has 3 aliphatic rings. The standard InChI is InChI=1S/C23H27BrN2O5/c1-11(2)20(26-21(28)18-13-4-5-14(9-13)19(18)22(26)29)23(30)31-10-17(27)25-15-6-7-16(24)12(3)8-15/h6-8,11,13-14,18-20H,4-5,9-10H2,1-3H3,(H,25,27)/t13-,14-,18-,19+,20-/m0/s1. The molecule has 1 N–H and O–H groups in total. The summed E-state index contributed by atoms with van der Waals surface area (Å²) in [6, 6.07) is 4.35. The molecule has 0 radical (unpaired) electrons. The second-order valence-electron chi connectivity index (χ2n) is 9.24. The molecule has 0 unspecified atom stereocenters. The number of likely N-dealkylation sites (tertiary alicyclic amines) is 1. The Morgan fingerprint density at radius 1 is 1.16 bits per heavy atom. The van der Waals surface area contributed by atoms with E-state index in [0.29, 0.717) is 5.69 Å². The lowest BCUT2D eigenvalue weighted by molar-refractivity contribution is -0.162. The lowest BCUT2D eigenvalue weighted by Gasteiger charge is -2.28. The Kier molecular flexibility index (Phi) is 5.94. The summed E-state index contributed by atoms with van der Waals surface area (Å²) in [6.45, 7) is 4.98. The number of esters is 1. The van der Waals surface area contributed by atoms with Crippen molar-refractivity contribution in [1.29, 1.82) is 0 Å². The molecule has 31 heavy (non-hydrogen) atoms. The van der Waals surface area contributed by atoms with E-state index in [1.807, 2.05) is 13.0 Å². The van der Waals surface area contributed by atoms with E-state index in [4.69, 9.17) is 4.74 Å². The topological polar surface area (TPSA) is 92.8 Å². The minimum absolute atomic E-state index is 0.243. The Morgan fingerprint density at radius 3 is 2.32 bits per heavy atom. The Bertz CT molecular complexity index is 918. The smallest absolute Gasteiger partial charge is 0.330 e. The fourth-order valence-electron chi connectivity index (χ4n) is 5.52. The van der Waals surface area contributed by atoms with Gasteiger partial charge in [-0.05, 0) is 67.7 Å². The summed E-state index contributed by atoms with van der Waals surface area (Å²) in [6.07, 6.45) is 2.89. The minimum Gasteiger partial charge on any atom is -0.454 e. The molecular weight excluding hydrogens is 464 g/mol. The van der Waals surface area contributed by atoms with Crippen LogP contribution in [0.25, 0.3) is 0 Å². The van der Waals surface area contributed by atoms with Crippen molar-refractivity contribution in [2.45, 2.75) is 46.1 Å². The second kappa shape index (κ2) is 8.37. The first-order chi connectivity index (χ1) is 14.7. The van der Waals surface area contributed by atoms with E-state index in [1.54, 1.807) is 26.0 Å². The molecule has 1 heterocycles. The molecule has 2 saturated carbocycles. The molecule has 8 heteroatoms. The molecule has 1 aromatic rings. The number of anilines is 1. The van der Waals surface area contributed by atoms with Gasteiger partial charge in [-0.2, -0.15) is 0 Å². The van der Waals surface area contributed by atoms with Crippen LogP contribution < -0.4 is 5.32 Å². The minimum atomic E-state index is -1.01. The van der Waals surface area contributed by atoms with E-state index in [0.717, 1.165) is 34.2 Å². The van der Waals surface area contributed by atoms with Crippen LogP contribution in [0.1, 0.15) is 38.7 Å². The number of fused-ring (bicyclic) bond motifs is 5. The number of halogens is 1. The number of aryl methyl sites for hydroxylation is 1. The quantitative estimate of drug-likeness (QED) is 0.487. The Labute approximate surface area is 190 Å². The highest BCUT2D eigenvalue weighted by molar-refractivity contribution is 9.10. The number of carbonyl (C=O) groups excluding carboxylic acids is 4. The number of benzene rings is 1. The summed E-state index contributed by atoms with van der Waals surface area (Å²) < 4.78 is 6.17. The normalized spacial score (nSPS) is 27.6. The zero-order valence-corrected chi connectivity index (χ0v) is 19.5. The fraction of sp³-hybridized carbons (Fsp3) is 0.565. The van der Waals surface area contributed by atoms with Crippen LogP contribution in [0.2, 0.25) is 0 Å². The summed E-state index contributed by atoms with van der Waals surface area (Å²) in [7, 11) is 0. The summed E-state index contributed by atoms with van der Waals surface area (Å²) in [4.78, 5) is 52.4. The largest absolute Gasteiger partial charge is 0.454 e. The fourth-order valence-corrected chi connectivity index (χ4v) is 5.77. The van der Waals surface area contributed by atoms with Crippen molar-refractivity contribution < 1.29 is 23.9 Å². The molecule has 1 aliphatic heterocycles. The maximum Gasteiger partial charge on any atom is 0.330 e. The highest BCUT2D eigenvalue weighted by Crippen LogP contribution is 2.56. The van der Waals surface area contributed by atoms with Gasteiger partial charge in [-0.25, -0.2) is 4.79 Å². The van der Waals surface area contributed by atoms with Crippen molar-refractivity contribution in [2.75, 3.05) is 11.9 Å². The highest BCUT2D eigenvalue weighted by Gasteiger charge is 2.62. The van der Waals surface area contributed by atoms with Crippen molar-refractivity contribution >= 4 is 45.3 Å². The Morgan fingerprint density at radius 2 is 1.77 bits per heavy atom. The van der Waals surface area contributed by atoms with Gasteiger partial charge in [-0.1, -0.05) is 29.8 Å². The maximum atomic E-state index is 13.1. The van der Waals surface area contributed by atoms with Crippen LogP contribution in [0.4, 0.5) is 5.69 Å². The number of imide groups is 1. The van der Waals surface area contributed by atoms with E-state index in [1.165, 1.54) is 0 Å². The first-order valence-corrected chi connectivity index (χ1v) is 11.6. The highest BCUT2D eigenvalue weighted by atomic mass is 79.9. The van der Waals surface area contributed by atoms with Gasteiger partial charge in [0.1, 0.15) is 6.04 Å². The molecule has 0 aromatic heterocycles. The first-order valence-electron chi connectivity index (χ1n) is 10.8. The molecule has 7 nitrogen and oxygen atoms in total. The third-order valence-corrected chi connectivity index (χ3v) is 7.79. The second-order valence-corrected chi connectivity index (χ2v) is 10.1. The number of hydrogen-bond donors (Lipinski definition) is 1. The summed E-state index contributed by atoms with van der Waals surface area (Å²) >= 11 is 3.40. The van der Waals surface area contributed by atoms with Crippen LogP contribution in [0.3, 0.4) is 0 Å². The number of carbonyl (C=O) groups is 4. The average Bonchev–Trinajstić information content (AvgIpc) is 3.39. The van der Waals surface area contributed by atoms with Gasteiger partial charge in [0.15, 0.2) is 6.61 Å². The van der Waals surface area contributed by atoms with E-state index < -0.39 is 24.5 Å². The molecule has 2 aliphatic carbocycles. The Hall–Kier alpha value is -2.22. The Balaban J connectivity index is 1.41. The molecule has 2 bridgehead atoms. The molecule has 3 amide bonds. The maximum absolute atomic E-state index is 13.1. The van der Waals surface area contributed by atoms with Crippen LogP contribution >= 0.6 is 15.9 Å². The van der Waals surface area contributed by atoms with E-state index >= 15 is 0 Å². The van der Waals surface area contributed by atoms with Gasteiger partial charge in [0.2, 0.25) is 11.8 Å². The van der Waals surface area contributed by atoms with Crippen molar-refractivity contribution in [3.8, 4) is 0 Å².